The molecule has 0 bridgehead atoms. The average Bonchev–Trinajstić information content (AvgIpc) is 3.05. The highest BCUT2D eigenvalue weighted by Gasteiger charge is 2.23. The minimum atomic E-state index is -0.0437. The van der Waals surface area contributed by atoms with Crippen molar-refractivity contribution in [2.24, 2.45) is 5.92 Å². The number of rotatable bonds is 5. The minimum absolute atomic E-state index is 0.0437. The summed E-state index contributed by atoms with van der Waals surface area (Å²) >= 11 is 0. The minimum Gasteiger partial charge on any atom is -0.351 e. The molecule has 1 N–H and O–H groups in total. The Balaban J connectivity index is 1.60. The van der Waals surface area contributed by atoms with E-state index in [1.165, 1.54) is 29.6 Å². The van der Waals surface area contributed by atoms with Gasteiger partial charge in [-0.05, 0) is 35.5 Å². The lowest BCUT2D eigenvalue weighted by molar-refractivity contribution is -0.123. The van der Waals surface area contributed by atoms with Crippen LogP contribution in [0.3, 0.4) is 0 Å². The summed E-state index contributed by atoms with van der Waals surface area (Å²) in [6, 6.07) is 8.43. The second kappa shape index (κ2) is 7.76. The molecule has 0 radical (unpaired) electrons. The summed E-state index contributed by atoms with van der Waals surface area (Å²) in [7, 11) is 0. The third-order valence-corrected chi connectivity index (χ3v) is 5.03. The number of carbonyl (C=O) groups excluding carboxylic acids is 1. The molecule has 1 amide bonds. The molecule has 1 aromatic carbocycles. The van der Waals surface area contributed by atoms with Crippen LogP contribution in [0.2, 0.25) is 0 Å². The van der Waals surface area contributed by atoms with Gasteiger partial charge in [0.05, 0.1) is 0 Å². The molecule has 0 saturated heterocycles. The predicted molar refractivity (Wildman–Crippen MR) is 96.9 cm³/mol. The zero-order valence-corrected chi connectivity index (χ0v) is 15.3. The Morgan fingerprint density at radius 3 is 2.64 bits per heavy atom. The fourth-order valence-electron chi connectivity index (χ4n) is 3.35. The smallest absolute Gasteiger partial charge is 0.243 e. The molecule has 1 saturated carbocycles. The topological polar surface area (TPSA) is 72.7 Å². The Morgan fingerprint density at radius 2 is 1.96 bits per heavy atom. The maximum Gasteiger partial charge on any atom is 0.243 e. The first-order chi connectivity index (χ1) is 12.0. The molecule has 2 atom stereocenters. The first kappa shape index (κ1) is 17.6. The van der Waals surface area contributed by atoms with Crippen LogP contribution in [-0.2, 0) is 11.3 Å². The van der Waals surface area contributed by atoms with Crippen LogP contribution in [0.15, 0.2) is 24.3 Å². The number of nitrogens with one attached hydrogen (secondary N) is 1. The molecule has 1 aliphatic rings. The van der Waals surface area contributed by atoms with Gasteiger partial charge in [-0.2, -0.15) is 4.80 Å². The number of tetrazole rings is 1. The molecule has 6 heteroatoms. The van der Waals surface area contributed by atoms with Gasteiger partial charge in [-0.1, -0.05) is 57.9 Å². The van der Waals surface area contributed by atoms with E-state index < -0.39 is 0 Å². The lowest BCUT2D eigenvalue weighted by Gasteiger charge is -2.29. The first-order valence-corrected chi connectivity index (χ1v) is 9.20. The van der Waals surface area contributed by atoms with Crippen molar-refractivity contribution in [2.75, 3.05) is 0 Å². The standard InChI is InChI=1S/C19H27N5O/c1-13(2)15-8-10-16(11-9-15)19-21-23-24(22-19)12-18(25)20-17-7-5-4-6-14(17)3/h8-11,13-14,17H,4-7,12H2,1-3H3,(H,20,25)/t14-,17-/m1/s1. The van der Waals surface area contributed by atoms with Crippen LogP contribution < -0.4 is 5.32 Å². The van der Waals surface area contributed by atoms with Crippen molar-refractivity contribution in [2.45, 2.75) is 65.0 Å². The van der Waals surface area contributed by atoms with Gasteiger partial charge in [0.2, 0.25) is 11.7 Å². The molecular formula is C19H27N5O. The van der Waals surface area contributed by atoms with Crippen LogP contribution in [-0.4, -0.2) is 32.2 Å². The fraction of sp³-hybridized carbons (Fsp3) is 0.579. The molecular weight excluding hydrogens is 314 g/mol. The lowest BCUT2D eigenvalue weighted by Crippen LogP contribution is -2.42. The Bertz CT molecular complexity index is 707. The highest BCUT2D eigenvalue weighted by molar-refractivity contribution is 5.75. The fourth-order valence-corrected chi connectivity index (χ4v) is 3.35. The maximum atomic E-state index is 12.3. The second-order valence-electron chi connectivity index (χ2n) is 7.36. The normalized spacial score (nSPS) is 20.6. The monoisotopic (exact) mass is 341 g/mol. The van der Waals surface area contributed by atoms with Gasteiger partial charge in [-0.3, -0.25) is 4.79 Å². The van der Waals surface area contributed by atoms with Gasteiger partial charge in [0.1, 0.15) is 6.54 Å². The van der Waals surface area contributed by atoms with Crippen molar-refractivity contribution in [1.29, 1.82) is 0 Å². The van der Waals surface area contributed by atoms with Gasteiger partial charge in [-0.15, -0.1) is 10.2 Å². The molecule has 1 heterocycles. The number of amides is 1. The van der Waals surface area contributed by atoms with Crippen molar-refractivity contribution < 1.29 is 4.79 Å². The van der Waals surface area contributed by atoms with E-state index in [0.717, 1.165) is 12.0 Å². The molecule has 0 unspecified atom stereocenters. The molecule has 134 valence electrons. The molecule has 1 aromatic heterocycles. The highest BCUT2D eigenvalue weighted by atomic mass is 16.2. The molecule has 2 aromatic rings. The van der Waals surface area contributed by atoms with Crippen LogP contribution in [0.25, 0.3) is 11.4 Å². The van der Waals surface area contributed by atoms with Crippen LogP contribution >= 0.6 is 0 Å². The van der Waals surface area contributed by atoms with Gasteiger partial charge >= 0.3 is 0 Å². The van der Waals surface area contributed by atoms with Gasteiger partial charge in [0, 0.05) is 11.6 Å². The molecule has 1 aliphatic carbocycles. The number of nitrogens with zero attached hydrogens (tertiary/aromatic N) is 4. The van der Waals surface area contributed by atoms with E-state index in [0.29, 0.717) is 17.7 Å². The third kappa shape index (κ3) is 4.44. The van der Waals surface area contributed by atoms with E-state index in [4.69, 9.17) is 0 Å². The van der Waals surface area contributed by atoms with E-state index in [9.17, 15) is 4.79 Å². The summed E-state index contributed by atoms with van der Waals surface area (Å²) < 4.78 is 0. The first-order valence-electron chi connectivity index (χ1n) is 9.20. The van der Waals surface area contributed by atoms with Crippen molar-refractivity contribution in [1.82, 2.24) is 25.5 Å². The largest absolute Gasteiger partial charge is 0.351 e. The SMILES string of the molecule is CC(C)c1ccc(-c2nnn(CC(=O)N[C@@H]3CCCC[C@H]3C)n2)cc1. The molecule has 3 rings (SSSR count). The van der Waals surface area contributed by atoms with Gasteiger partial charge in [0.15, 0.2) is 0 Å². The van der Waals surface area contributed by atoms with E-state index in [-0.39, 0.29) is 18.5 Å². The van der Waals surface area contributed by atoms with Crippen molar-refractivity contribution in [3.05, 3.63) is 29.8 Å². The maximum absolute atomic E-state index is 12.3. The number of aromatic nitrogens is 4. The Labute approximate surface area is 149 Å². The zero-order valence-electron chi connectivity index (χ0n) is 15.3. The van der Waals surface area contributed by atoms with Gasteiger partial charge in [0.25, 0.3) is 0 Å². The van der Waals surface area contributed by atoms with Crippen LogP contribution in [0, 0.1) is 5.92 Å². The third-order valence-electron chi connectivity index (χ3n) is 5.03. The summed E-state index contributed by atoms with van der Waals surface area (Å²) in [5, 5.41) is 15.6. The average molecular weight is 341 g/mol. The van der Waals surface area contributed by atoms with Crippen molar-refractivity contribution in [3.8, 4) is 11.4 Å². The Morgan fingerprint density at radius 1 is 1.24 bits per heavy atom. The van der Waals surface area contributed by atoms with E-state index in [2.05, 4.69) is 53.6 Å². The number of hydrogen-bond donors (Lipinski definition) is 1. The van der Waals surface area contributed by atoms with Crippen LogP contribution in [0.4, 0.5) is 0 Å². The van der Waals surface area contributed by atoms with E-state index in [1.54, 1.807) is 0 Å². The molecule has 0 aliphatic heterocycles. The van der Waals surface area contributed by atoms with Gasteiger partial charge < -0.3 is 5.32 Å². The number of benzene rings is 1. The molecule has 6 nitrogen and oxygen atoms in total. The number of carbonyl (C=O) groups is 1. The second-order valence-corrected chi connectivity index (χ2v) is 7.36. The van der Waals surface area contributed by atoms with Crippen molar-refractivity contribution >= 4 is 5.91 Å². The summed E-state index contributed by atoms with van der Waals surface area (Å²) in [6.45, 7) is 6.64. The van der Waals surface area contributed by atoms with E-state index in [1.807, 2.05) is 12.1 Å². The molecule has 25 heavy (non-hydrogen) atoms. The van der Waals surface area contributed by atoms with E-state index >= 15 is 0 Å². The Kier molecular flexibility index (Phi) is 5.46. The molecule has 1 fully saturated rings. The summed E-state index contributed by atoms with van der Waals surface area (Å²) in [5.41, 5.74) is 2.19. The van der Waals surface area contributed by atoms with Crippen LogP contribution in [0.1, 0.15) is 57.9 Å². The predicted octanol–water partition coefficient (Wildman–Crippen LogP) is 3.16. The lowest BCUT2D eigenvalue weighted by atomic mass is 9.86. The van der Waals surface area contributed by atoms with Crippen molar-refractivity contribution in [3.63, 3.8) is 0 Å². The van der Waals surface area contributed by atoms with Gasteiger partial charge in [-0.25, -0.2) is 0 Å². The summed E-state index contributed by atoms with van der Waals surface area (Å²) in [4.78, 5) is 13.6. The summed E-state index contributed by atoms with van der Waals surface area (Å²) in [6.07, 6.45) is 4.69. The zero-order chi connectivity index (χ0) is 17.8. The highest BCUT2D eigenvalue weighted by Crippen LogP contribution is 2.23. The van der Waals surface area contributed by atoms with Crippen LogP contribution in [0.5, 0.6) is 0 Å². The number of hydrogen-bond acceptors (Lipinski definition) is 4. The Hall–Kier alpha value is -2.24. The summed E-state index contributed by atoms with van der Waals surface area (Å²) in [5.74, 6) is 1.53. The quantitative estimate of drug-likeness (QED) is 0.907. The molecule has 0 spiro atoms.